The molecule has 1 aromatic carbocycles. The lowest BCUT2D eigenvalue weighted by Crippen LogP contribution is -2.40. The molecule has 4 rings (SSSR count). The SMILES string of the molecule is O=S(=O)(c1cccc(CSc2nnnn2C2CC2)c1)N1CCOCC1. The number of sulfonamides is 1. The number of benzene rings is 1. The first-order valence-electron chi connectivity index (χ1n) is 8.22. The molecule has 2 fully saturated rings. The highest BCUT2D eigenvalue weighted by Gasteiger charge is 2.28. The molecule has 2 heterocycles. The Kier molecular flexibility index (Phi) is 4.76. The Hall–Kier alpha value is -1.49. The summed E-state index contributed by atoms with van der Waals surface area (Å²) < 4.78 is 34.1. The van der Waals surface area contributed by atoms with Gasteiger partial charge in [-0.15, -0.1) is 5.10 Å². The summed E-state index contributed by atoms with van der Waals surface area (Å²) in [6, 6.07) is 7.52. The molecule has 8 nitrogen and oxygen atoms in total. The molecule has 0 unspecified atom stereocenters. The summed E-state index contributed by atoms with van der Waals surface area (Å²) in [6.07, 6.45) is 2.23. The van der Waals surface area contributed by atoms with Crippen molar-refractivity contribution in [2.24, 2.45) is 0 Å². The molecule has 2 aliphatic rings. The van der Waals surface area contributed by atoms with E-state index in [1.54, 1.807) is 18.2 Å². The zero-order valence-corrected chi connectivity index (χ0v) is 15.2. The van der Waals surface area contributed by atoms with Gasteiger partial charge in [-0.2, -0.15) is 4.31 Å². The molecule has 25 heavy (non-hydrogen) atoms. The average molecular weight is 381 g/mol. The van der Waals surface area contributed by atoms with Crippen molar-refractivity contribution in [2.75, 3.05) is 26.3 Å². The maximum Gasteiger partial charge on any atom is 0.243 e. The van der Waals surface area contributed by atoms with Crippen LogP contribution in [-0.2, 0) is 20.5 Å². The first kappa shape index (κ1) is 17.0. The van der Waals surface area contributed by atoms with Crippen molar-refractivity contribution in [3.05, 3.63) is 29.8 Å². The third-order valence-corrected chi connectivity index (χ3v) is 7.13. The predicted molar refractivity (Wildman–Crippen MR) is 91.7 cm³/mol. The van der Waals surface area contributed by atoms with Gasteiger partial charge >= 0.3 is 0 Å². The number of hydrogen-bond acceptors (Lipinski definition) is 7. The van der Waals surface area contributed by atoms with Gasteiger partial charge in [-0.3, -0.25) is 0 Å². The minimum atomic E-state index is -3.47. The maximum absolute atomic E-state index is 12.8. The van der Waals surface area contributed by atoms with Gasteiger partial charge in [0.15, 0.2) is 0 Å². The van der Waals surface area contributed by atoms with E-state index in [0.29, 0.717) is 43.0 Å². The van der Waals surface area contributed by atoms with Gasteiger partial charge in [-0.25, -0.2) is 13.1 Å². The molecule has 0 radical (unpaired) electrons. The van der Waals surface area contributed by atoms with Crippen LogP contribution in [0.3, 0.4) is 0 Å². The number of thioether (sulfide) groups is 1. The second-order valence-electron chi connectivity index (χ2n) is 6.09. The molecule has 1 aromatic heterocycles. The van der Waals surface area contributed by atoms with Gasteiger partial charge < -0.3 is 4.74 Å². The molecule has 0 spiro atoms. The van der Waals surface area contributed by atoms with Gasteiger partial charge in [-0.1, -0.05) is 23.9 Å². The molecule has 0 atom stereocenters. The van der Waals surface area contributed by atoms with E-state index in [4.69, 9.17) is 4.74 Å². The predicted octanol–water partition coefficient (Wildman–Crippen LogP) is 1.32. The monoisotopic (exact) mass is 381 g/mol. The fourth-order valence-electron chi connectivity index (χ4n) is 2.71. The smallest absolute Gasteiger partial charge is 0.243 e. The number of aromatic nitrogens is 4. The zero-order valence-electron chi connectivity index (χ0n) is 13.6. The molecule has 134 valence electrons. The van der Waals surface area contributed by atoms with Gasteiger partial charge in [0.25, 0.3) is 0 Å². The van der Waals surface area contributed by atoms with E-state index in [2.05, 4.69) is 15.5 Å². The van der Waals surface area contributed by atoms with Crippen molar-refractivity contribution in [3.63, 3.8) is 0 Å². The summed E-state index contributed by atoms with van der Waals surface area (Å²) in [5.74, 6) is 0.625. The van der Waals surface area contributed by atoms with E-state index in [9.17, 15) is 8.42 Å². The van der Waals surface area contributed by atoms with Crippen molar-refractivity contribution in [2.45, 2.75) is 34.7 Å². The lowest BCUT2D eigenvalue weighted by molar-refractivity contribution is 0.0730. The minimum Gasteiger partial charge on any atom is -0.379 e. The Labute approximate surface area is 150 Å². The molecular formula is C15H19N5O3S2. The Bertz CT molecular complexity index is 844. The van der Waals surface area contributed by atoms with Crippen LogP contribution >= 0.6 is 11.8 Å². The fraction of sp³-hybridized carbons (Fsp3) is 0.533. The van der Waals surface area contributed by atoms with E-state index in [0.717, 1.165) is 23.6 Å². The number of nitrogens with zero attached hydrogens (tertiary/aromatic N) is 5. The van der Waals surface area contributed by atoms with E-state index >= 15 is 0 Å². The second-order valence-corrected chi connectivity index (χ2v) is 8.97. The quantitative estimate of drug-likeness (QED) is 0.697. The van der Waals surface area contributed by atoms with Crippen LogP contribution in [-0.4, -0.2) is 59.2 Å². The van der Waals surface area contributed by atoms with Gasteiger partial charge in [0.2, 0.25) is 15.2 Å². The first-order valence-corrected chi connectivity index (χ1v) is 10.6. The largest absolute Gasteiger partial charge is 0.379 e. The van der Waals surface area contributed by atoms with Crippen LogP contribution in [0.25, 0.3) is 0 Å². The fourth-order valence-corrected chi connectivity index (χ4v) is 5.07. The third-order valence-electron chi connectivity index (χ3n) is 4.23. The van der Waals surface area contributed by atoms with Crippen LogP contribution < -0.4 is 0 Å². The lowest BCUT2D eigenvalue weighted by atomic mass is 10.2. The minimum absolute atomic E-state index is 0.328. The molecule has 2 aromatic rings. The third kappa shape index (κ3) is 3.71. The number of hydrogen-bond donors (Lipinski definition) is 0. The topological polar surface area (TPSA) is 90.2 Å². The first-order chi connectivity index (χ1) is 12.1. The van der Waals surface area contributed by atoms with Crippen molar-refractivity contribution >= 4 is 21.8 Å². The lowest BCUT2D eigenvalue weighted by Gasteiger charge is -2.26. The Morgan fingerprint density at radius 1 is 1.24 bits per heavy atom. The molecule has 0 bridgehead atoms. The molecule has 1 saturated carbocycles. The van der Waals surface area contributed by atoms with Crippen LogP contribution in [0.15, 0.2) is 34.3 Å². The van der Waals surface area contributed by atoms with Gasteiger partial charge in [0, 0.05) is 18.8 Å². The summed E-state index contributed by atoms with van der Waals surface area (Å²) in [5, 5.41) is 12.6. The summed E-state index contributed by atoms with van der Waals surface area (Å²) in [6.45, 7) is 1.69. The van der Waals surface area contributed by atoms with E-state index in [1.807, 2.05) is 10.7 Å². The van der Waals surface area contributed by atoms with Crippen molar-refractivity contribution < 1.29 is 13.2 Å². The van der Waals surface area contributed by atoms with Crippen LogP contribution in [0.1, 0.15) is 24.4 Å². The molecule has 10 heteroatoms. The summed E-state index contributed by atoms with van der Waals surface area (Å²) in [4.78, 5) is 0.328. The van der Waals surface area contributed by atoms with Crippen molar-refractivity contribution in [1.29, 1.82) is 0 Å². The molecule has 0 N–H and O–H groups in total. The van der Waals surface area contributed by atoms with Crippen molar-refractivity contribution in [1.82, 2.24) is 24.5 Å². The standard InChI is InChI=1S/C15H19N5O3S2/c21-25(22,19-6-8-23-9-7-19)14-3-1-2-12(10-14)11-24-15-16-17-18-20(15)13-4-5-13/h1-3,10,13H,4-9,11H2. The van der Waals surface area contributed by atoms with Gasteiger partial charge in [-0.05, 0) is 41.0 Å². The van der Waals surface area contributed by atoms with E-state index in [1.165, 1.54) is 16.1 Å². The van der Waals surface area contributed by atoms with Crippen LogP contribution in [0.5, 0.6) is 0 Å². The maximum atomic E-state index is 12.8. The summed E-state index contributed by atoms with van der Waals surface area (Å²) in [7, 11) is -3.47. The Morgan fingerprint density at radius 2 is 2.04 bits per heavy atom. The van der Waals surface area contributed by atoms with Crippen molar-refractivity contribution in [3.8, 4) is 0 Å². The summed E-state index contributed by atoms with van der Waals surface area (Å²) in [5.41, 5.74) is 0.935. The Balaban J connectivity index is 1.48. The summed E-state index contributed by atoms with van der Waals surface area (Å²) >= 11 is 1.53. The number of tetrazole rings is 1. The average Bonchev–Trinajstić information content (AvgIpc) is 3.39. The van der Waals surface area contributed by atoms with Crippen LogP contribution in [0, 0.1) is 0 Å². The normalized spacial score (nSPS) is 19.2. The molecule has 1 aliphatic heterocycles. The van der Waals surface area contributed by atoms with E-state index < -0.39 is 10.0 Å². The van der Waals surface area contributed by atoms with Gasteiger partial charge in [0.1, 0.15) is 0 Å². The molecule has 1 aliphatic carbocycles. The highest BCUT2D eigenvalue weighted by atomic mass is 32.2. The number of ether oxygens (including phenoxy) is 1. The number of rotatable bonds is 6. The zero-order chi connectivity index (χ0) is 17.3. The van der Waals surface area contributed by atoms with Crippen LogP contribution in [0.2, 0.25) is 0 Å². The van der Waals surface area contributed by atoms with Gasteiger partial charge in [0.05, 0.1) is 24.2 Å². The molecule has 1 saturated heterocycles. The van der Waals surface area contributed by atoms with E-state index in [-0.39, 0.29) is 0 Å². The highest BCUT2D eigenvalue weighted by Crippen LogP contribution is 2.37. The second kappa shape index (κ2) is 7.02. The molecule has 0 amide bonds. The number of morpholine rings is 1. The molecular weight excluding hydrogens is 362 g/mol. The van der Waals surface area contributed by atoms with Crippen LogP contribution in [0.4, 0.5) is 0 Å². The highest BCUT2D eigenvalue weighted by molar-refractivity contribution is 7.98. The Morgan fingerprint density at radius 3 is 2.80 bits per heavy atom.